The first kappa shape index (κ1) is 15.7. The molecule has 0 aliphatic heterocycles. The Labute approximate surface area is 149 Å². The van der Waals surface area contributed by atoms with E-state index >= 15 is 0 Å². The highest BCUT2D eigenvalue weighted by molar-refractivity contribution is 7.08. The zero-order valence-electron chi connectivity index (χ0n) is 13.7. The lowest BCUT2D eigenvalue weighted by molar-refractivity contribution is 0.0526. The predicted molar refractivity (Wildman–Crippen MR) is 101 cm³/mol. The van der Waals surface area contributed by atoms with Crippen LogP contribution in [0.5, 0.6) is 0 Å². The minimum atomic E-state index is -0.302. The molecule has 0 aliphatic rings. The standard InChI is InChI=1S/C21H16O3S/c1-2-23-21(22)15-9-7-14(8-10-15)19-17-5-3-4-6-18(17)24-20(19)16-11-12-25-13-16/h3-13H,2H2,1H3. The molecule has 2 aromatic carbocycles. The van der Waals surface area contributed by atoms with Gasteiger partial charge in [-0.15, -0.1) is 0 Å². The molecule has 0 amide bonds. The van der Waals surface area contributed by atoms with Crippen LogP contribution in [0.2, 0.25) is 0 Å². The summed E-state index contributed by atoms with van der Waals surface area (Å²) in [5, 5.41) is 5.18. The number of carbonyl (C=O) groups excluding carboxylic acids is 1. The number of fused-ring (bicyclic) bond motifs is 1. The Kier molecular flexibility index (Phi) is 4.12. The largest absolute Gasteiger partial charge is 0.462 e. The molecule has 0 saturated carbocycles. The molecule has 25 heavy (non-hydrogen) atoms. The van der Waals surface area contributed by atoms with Crippen molar-refractivity contribution in [1.29, 1.82) is 0 Å². The van der Waals surface area contributed by atoms with Gasteiger partial charge in [-0.3, -0.25) is 0 Å². The smallest absolute Gasteiger partial charge is 0.338 e. The molecular formula is C21H16O3S. The van der Waals surface area contributed by atoms with Gasteiger partial charge in [-0.1, -0.05) is 30.3 Å². The highest BCUT2D eigenvalue weighted by atomic mass is 32.1. The first-order valence-electron chi connectivity index (χ1n) is 8.09. The van der Waals surface area contributed by atoms with Crippen molar-refractivity contribution in [2.24, 2.45) is 0 Å². The van der Waals surface area contributed by atoms with Gasteiger partial charge in [0.15, 0.2) is 0 Å². The highest BCUT2D eigenvalue weighted by Gasteiger charge is 2.18. The van der Waals surface area contributed by atoms with Crippen LogP contribution in [0.3, 0.4) is 0 Å². The fourth-order valence-corrected chi connectivity index (χ4v) is 3.55. The molecule has 0 radical (unpaired) electrons. The van der Waals surface area contributed by atoms with Crippen LogP contribution in [0.1, 0.15) is 17.3 Å². The van der Waals surface area contributed by atoms with Gasteiger partial charge in [0.05, 0.1) is 12.2 Å². The molecule has 2 heterocycles. The molecule has 4 aromatic rings. The van der Waals surface area contributed by atoms with Gasteiger partial charge in [0, 0.05) is 21.9 Å². The number of esters is 1. The maximum Gasteiger partial charge on any atom is 0.338 e. The van der Waals surface area contributed by atoms with Crippen LogP contribution >= 0.6 is 11.3 Å². The number of hydrogen-bond acceptors (Lipinski definition) is 4. The SMILES string of the molecule is CCOC(=O)c1ccc(-c2c(-c3ccsc3)oc3ccccc23)cc1. The molecule has 0 atom stereocenters. The van der Waals surface area contributed by atoms with E-state index in [1.54, 1.807) is 30.4 Å². The number of furan rings is 1. The number of thiophene rings is 1. The van der Waals surface area contributed by atoms with Gasteiger partial charge in [-0.2, -0.15) is 11.3 Å². The van der Waals surface area contributed by atoms with Crippen LogP contribution in [0.15, 0.2) is 69.8 Å². The summed E-state index contributed by atoms with van der Waals surface area (Å²) in [7, 11) is 0. The van der Waals surface area contributed by atoms with E-state index in [1.807, 2.05) is 35.7 Å². The monoisotopic (exact) mass is 348 g/mol. The number of benzene rings is 2. The third kappa shape index (κ3) is 2.85. The Morgan fingerprint density at radius 2 is 1.84 bits per heavy atom. The first-order valence-corrected chi connectivity index (χ1v) is 9.04. The Bertz CT molecular complexity index is 1010. The second kappa shape index (κ2) is 6.57. The molecule has 0 saturated heterocycles. The van der Waals surface area contributed by atoms with E-state index in [2.05, 4.69) is 17.5 Å². The number of rotatable bonds is 4. The highest BCUT2D eigenvalue weighted by Crippen LogP contribution is 2.41. The summed E-state index contributed by atoms with van der Waals surface area (Å²) in [6.07, 6.45) is 0. The lowest BCUT2D eigenvalue weighted by Gasteiger charge is -2.05. The molecule has 2 aromatic heterocycles. The van der Waals surface area contributed by atoms with Crippen molar-refractivity contribution in [3.05, 3.63) is 70.9 Å². The Balaban J connectivity index is 1.86. The fraction of sp³-hybridized carbons (Fsp3) is 0.0952. The van der Waals surface area contributed by atoms with Crippen molar-refractivity contribution < 1.29 is 13.9 Å². The average Bonchev–Trinajstić information content (AvgIpc) is 3.29. The van der Waals surface area contributed by atoms with Crippen molar-refractivity contribution in [2.75, 3.05) is 6.61 Å². The molecule has 3 nitrogen and oxygen atoms in total. The quantitative estimate of drug-likeness (QED) is 0.424. The van der Waals surface area contributed by atoms with Crippen molar-refractivity contribution in [2.45, 2.75) is 6.92 Å². The fourth-order valence-electron chi connectivity index (χ4n) is 2.92. The van der Waals surface area contributed by atoms with E-state index in [-0.39, 0.29) is 5.97 Å². The van der Waals surface area contributed by atoms with Crippen molar-refractivity contribution >= 4 is 28.3 Å². The van der Waals surface area contributed by atoms with Crippen molar-refractivity contribution in [1.82, 2.24) is 0 Å². The Hall–Kier alpha value is -2.85. The molecule has 0 bridgehead atoms. The summed E-state index contributed by atoms with van der Waals surface area (Å²) in [4.78, 5) is 11.9. The lowest BCUT2D eigenvalue weighted by atomic mass is 9.99. The summed E-state index contributed by atoms with van der Waals surface area (Å²) >= 11 is 1.64. The molecule has 0 fully saturated rings. The van der Waals surface area contributed by atoms with E-state index < -0.39 is 0 Å². The van der Waals surface area contributed by atoms with Crippen molar-refractivity contribution in [3.8, 4) is 22.5 Å². The summed E-state index contributed by atoms with van der Waals surface area (Å²) in [6.45, 7) is 2.17. The molecule has 4 rings (SSSR count). The summed E-state index contributed by atoms with van der Waals surface area (Å²) < 4.78 is 11.2. The molecule has 0 N–H and O–H groups in total. The number of hydrogen-bond donors (Lipinski definition) is 0. The average molecular weight is 348 g/mol. The Morgan fingerprint density at radius 3 is 2.56 bits per heavy atom. The van der Waals surface area contributed by atoms with Gasteiger partial charge in [0.2, 0.25) is 0 Å². The van der Waals surface area contributed by atoms with Gasteiger partial charge >= 0.3 is 5.97 Å². The van der Waals surface area contributed by atoms with Gasteiger partial charge in [0.25, 0.3) is 0 Å². The number of ether oxygens (including phenoxy) is 1. The zero-order valence-corrected chi connectivity index (χ0v) is 14.5. The normalized spacial score (nSPS) is 10.9. The van der Waals surface area contributed by atoms with E-state index in [9.17, 15) is 4.79 Å². The predicted octanol–water partition coefficient (Wildman–Crippen LogP) is 6.01. The van der Waals surface area contributed by atoms with Gasteiger partial charge in [-0.05, 0) is 42.1 Å². The van der Waals surface area contributed by atoms with Gasteiger partial charge in [0.1, 0.15) is 11.3 Å². The maximum absolute atomic E-state index is 11.9. The first-order chi connectivity index (χ1) is 12.3. The van der Waals surface area contributed by atoms with Crippen LogP contribution < -0.4 is 0 Å². The van der Waals surface area contributed by atoms with Crippen LogP contribution in [-0.4, -0.2) is 12.6 Å². The summed E-state index contributed by atoms with van der Waals surface area (Å²) in [5.41, 5.74) is 4.53. The van der Waals surface area contributed by atoms with Crippen LogP contribution in [0.4, 0.5) is 0 Å². The molecule has 0 spiro atoms. The second-order valence-corrected chi connectivity index (χ2v) is 6.39. The van der Waals surface area contributed by atoms with E-state index in [0.717, 1.165) is 33.4 Å². The molecule has 0 aliphatic carbocycles. The van der Waals surface area contributed by atoms with Crippen molar-refractivity contribution in [3.63, 3.8) is 0 Å². The van der Waals surface area contributed by atoms with Gasteiger partial charge in [-0.25, -0.2) is 4.79 Å². The Morgan fingerprint density at radius 1 is 1.04 bits per heavy atom. The van der Waals surface area contributed by atoms with E-state index in [1.165, 1.54) is 0 Å². The number of carbonyl (C=O) groups is 1. The molecular weight excluding hydrogens is 332 g/mol. The summed E-state index contributed by atoms with van der Waals surface area (Å²) in [6, 6.07) is 17.5. The van der Waals surface area contributed by atoms with Crippen LogP contribution in [0, 0.1) is 0 Å². The number of para-hydroxylation sites is 1. The van der Waals surface area contributed by atoms with Crippen LogP contribution in [-0.2, 0) is 4.74 Å². The molecule has 4 heteroatoms. The zero-order chi connectivity index (χ0) is 17.2. The molecule has 0 unspecified atom stereocenters. The third-order valence-electron chi connectivity index (χ3n) is 4.06. The minimum absolute atomic E-state index is 0.302. The maximum atomic E-state index is 11.9. The molecule has 124 valence electrons. The van der Waals surface area contributed by atoms with Crippen LogP contribution in [0.25, 0.3) is 33.4 Å². The minimum Gasteiger partial charge on any atom is -0.462 e. The van der Waals surface area contributed by atoms with Gasteiger partial charge < -0.3 is 9.15 Å². The lowest BCUT2D eigenvalue weighted by Crippen LogP contribution is -2.03. The third-order valence-corrected chi connectivity index (χ3v) is 4.75. The topological polar surface area (TPSA) is 39.4 Å². The van der Waals surface area contributed by atoms with E-state index in [4.69, 9.17) is 9.15 Å². The summed E-state index contributed by atoms with van der Waals surface area (Å²) in [5.74, 6) is 0.551. The second-order valence-electron chi connectivity index (χ2n) is 5.61. The van der Waals surface area contributed by atoms with E-state index in [0.29, 0.717) is 12.2 Å².